The van der Waals surface area contributed by atoms with Gasteiger partial charge in [-0.05, 0) is 32.4 Å². The summed E-state index contributed by atoms with van der Waals surface area (Å²) in [5.74, 6) is 0.931. The Balaban J connectivity index is 2.45. The van der Waals surface area contributed by atoms with E-state index in [1.165, 1.54) is 6.92 Å². The van der Waals surface area contributed by atoms with Crippen LogP contribution in [0.15, 0.2) is 12.1 Å². The van der Waals surface area contributed by atoms with Gasteiger partial charge in [-0.3, -0.25) is 4.79 Å². The molecule has 0 aromatic heterocycles. The van der Waals surface area contributed by atoms with Gasteiger partial charge in [0, 0.05) is 18.9 Å². The molecule has 1 aliphatic rings. The molecule has 2 rings (SSSR count). The van der Waals surface area contributed by atoms with Crippen LogP contribution in [0.2, 0.25) is 0 Å². The van der Waals surface area contributed by atoms with Gasteiger partial charge in [-0.1, -0.05) is 6.07 Å². The van der Waals surface area contributed by atoms with E-state index in [9.17, 15) is 4.79 Å². The maximum Gasteiger partial charge on any atom is 0.308 e. The van der Waals surface area contributed by atoms with Crippen molar-refractivity contribution < 1.29 is 14.3 Å². The Morgan fingerprint density at radius 3 is 2.75 bits per heavy atom. The summed E-state index contributed by atoms with van der Waals surface area (Å²) in [6.45, 7) is 7.44. The molecule has 0 bridgehead atoms. The van der Waals surface area contributed by atoms with Gasteiger partial charge in [-0.25, -0.2) is 0 Å². The van der Waals surface area contributed by atoms with Gasteiger partial charge in [0.15, 0.2) is 11.5 Å². The van der Waals surface area contributed by atoms with Crippen molar-refractivity contribution in [2.24, 2.45) is 0 Å². The summed E-state index contributed by atoms with van der Waals surface area (Å²) in [6, 6.07) is 3.92. The van der Waals surface area contributed by atoms with Crippen LogP contribution in [-0.2, 0) is 11.2 Å². The average Bonchev–Trinajstić information content (AvgIpc) is 2.38. The molecule has 0 saturated heterocycles. The molecule has 1 aromatic carbocycles. The lowest BCUT2D eigenvalue weighted by molar-refractivity contribution is -0.132. The highest BCUT2D eigenvalue weighted by Gasteiger charge is 2.33. The first-order chi connectivity index (χ1) is 7.37. The third-order valence-corrected chi connectivity index (χ3v) is 2.52. The van der Waals surface area contributed by atoms with E-state index in [1.807, 2.05) is 26.8 Å². The first kappa shape index (κ1) is 11.0. The predicted octanol–water partition coefficient (Wildman–Crippen LogP) is 2.63. The van der Waals surface area contributed by atoms with Crippen molar-refractivity contribution in [1.29, 1.82) is 0 Å². The topological polar surface area (TPSA) is 35.5 Å². The maximum atomic E-state index is 11.0. The van der Waals surface area contributed by atoms with Gasteiger partial charge in [0.25, 0.3) is 0 Å². The van der Waals surface area contributed by atoms with E-state index in [-0.39, 0.29) is 11.6 Å². The minimum atomic E-state index is -0.318. The van der Waals surface area contributed by atoms with Crippen molar-refractivity contribution in [3.63, 3.8) is 0 Å². The third-order valence-electron chi connectivity index (χ3n) is 2.52. The van der Waals surface area contributed by atoms with Crippen LogP contribution in [0.3, 0.4) is 0 Å². The summed E-state index contributed by atoms with van der Waals surface area (Å²) in [5, 5.41) is 0. The van der Waals surface area contributed by atoms with E-state index in [1.54, 1.807) is 0 Å². The van der Waals surface area contributed by atoms with Gasteiger partial charge in [-0.15, -0.1) is 0 Å². The van der Waals surface area contributed by atoms with Crippen molar-refractivity contribution in [2.75, 3.05) is 0 Å². The lowest BCUT2D eigenvalue weighted by Crippen LogP contribution is -2.24. The second kappa shape index (κ2) is 3.51. The standard InChI is InChI=1S/C13H16O3/c1-8-5-10-7-13(3,4)16-12(10)11(6-8)15-9(2)14/h5-6H,7H2,1-4H3. The summed E-state index contributed by atoms with van der Waals surface area (Å²) in [4.78, 5) is 11.0. The summed E-state index contributed by atoms with van der Waals surface area (Å²) >= 11 is 0. The van der Waals surface area contributed by atoms with E-state index in [0.717, 1.165) is 17.5 Å². The summed E-state index contributed by atoms with van der Waals surface area (Å²) in [6.07, 6.45) is 0.846. The van der Waals surface area contributed by atoms with Gasteiger partial charge in [-0.2, -0.15) is 0 Å². The van der Waals surface area contributed by atoms with Gasteiger partial charge >= 0.3 is 5.97 Å². The van der Waals surface area contributed by atoms with Gasteiger partial charge in [0.2, 0.25) is 0 Å². The monoisotopic (exact) mass is 220 g/mol. The smallest absolute Gasteiger partial charge is 0.308 e. The molecule has 0 radical (unpaired) electrons. The molecule has 3 heteroatoms. The van der Waals surface area contributed by atoms with Crippen LogP contribution in [0.4, 0.5) is 0 Å². The second-order valence-corrected chi connectivity index (χ2v) is 4.88. The Hall–Kier alpha value is -1.51. The van der Waals surface area contributed by atoms with Gasteiger partial charge in [0.05, 0.1) is 0 Å². The summed E-state index contributed by atoms with van der Waals surface area (Å²) in [5.41, 5.74) is 1.97. The zero-order chi connectivity index (χ0) is 11.9. The number of hydrogen-bond donors (Lipinski definition) is 0. The predicted molar refractivity (Wildman–Crippen MR) is 60.9 cm³/mol. The molecule has 1 heterocycles. The number of fused-ring (bicyclic) bond motifs is 1. The number of esters is 1. The molecular formula is C13H16O3. The second-order valence-electron chi connectivity index (χ2n) is 4.88. The van der Waals surface area contributed by atoms with Crippen molar-refractivity contribution in [3.8, 4) is 11.5 Å². The fourth-order valence-electron chi connectivity index (χ4n) is 2.06. The van der Waals surface area contributed by atoms with Gasteiger partial charge in [0.1, 0.15) is 5.60 Å². The Labute approximate surface area is 95.4 Å². The van der Waals surface area contributed by atoms with Crippen LogP contribution in [0, 0.1) is 6.92 Å². The summed E-state index contributed by atoms with van der Waals surface area (Å²) in [7, 11) is 0. The zero-order valence-electron chi connectivity index (χ0n) is 10.1. The van der Waals surface area contributed by atoms with Crippen LogP contribution < -0.4 is 9.47 Å². The molecule has 0 fully saturated rings. The molecule has 1 aromatic rings. The lowest BCUT2D eigenvalue weighted by Gasteiger charge is -2.17. The maximum absolute atomic E-state index is 11.0. The minimum Gasteiger partial charge on any atom is -0.483 e. The normalized spacial score (nSPS) is 16.5. The first-order valence-electron chi connectivity index (χ1n) is 5.38. The van der Waals surface area contributed by atoms with E-state index < -0.39 is 0 Å². The Morgan fingerprint density at radius 2 is 2.12 bits per heavy atom. The Bertz CT molecular complexity index is 447. The highest BCUT2D eigenvalue weighted by Crippen LogP contribution is 2.42. The Morgan fingerprint density at radius 1 is 1.44 bits per heavy atom. The fourth-order valence-corrected chi connectivity index (χ4v) is 2.06. The van der Waals surface area contributed by atoms with E-state index in [2.05, 4.69) is 6.07 Å². The van der Waals surface area contributed by atoms with Crippen LogP contribution in [0.1, 0.15) is 31.9 Å². The highest BCUT2D eigenvalue weighted by atomic mass is 16.6. The number of hydrogen-bond acceptors (Lipinski definition) is 3. The van der Waals surface area contributed by atoms with Crippen molar-refractivity contribution in [1.82, 2.24) is 0 Å². The van der Waals surface area contributed by atoms with Crippen LogP contribution in [-0.4, -0.2) is 11.6 Å². The third kappa shape index (κ3) is 2.03. The average molecular weight is 220 g/mol. The quantitative estimate of drug-likeness (QED) is 0.539. The first-order valence-corrected chi connectivity index (χ1v) is 5.38. The zero-order valence-corrected chi connectivity index (χ0v) is 10.1. The van der Waals surface area contributed by atoms with E-state index >= 15 is 0 Å². The van der Waals surface area contributed by atoms with Crippen LogP contribution in [0.25, 0.3) is 0 Å². The molecule has 1 aliphatic heterocycles. The number of benzene rings is 1. The number of ether oxygens (including phenoxy) is 2. The minimum absolute atomic E-state index is 0.217. The van der Waals surface area contributed by atoms with Gasteiger partial charge < -0.3 is 9.47 Å². The largest absolute Gasteiger partial charge is 0.483 e. The highest BCUT2D eigenvalue weighted by molar-refractivity contribution is 5.71. The molecule has 0 atom stereocenters. The molecule has 3 nitrogen and oxygen atoms in total. The van der Waals surface area contributed by atoms with Crippen molar-refractivity contribution in [2.45, 2.75) is 39.7 Å². The van der Waals surface area contributed by atoms with Crippen LogP contribution >= 0.6 is 0 Å². The van der Waals surface area contributed by atoms with E-state index in [4.69, 9.17) is 9.47 Å². The number of rotatable bonds is 1. The number of carbonyl (C=O) groups is 1. The molecule has 0 amide bonds. The molecule has 86 valence electrons. The SMILES string of the molecule is CC(=O)Oc1cc(C)cc2c1OC(C)(C)C2. The molecule has 0 unspecified atom stereocenters. The summed E-state index contributed by atoms with van der Waals surface area (Å²) < 4.78 is 11.0. The molecule has 0 saturated carbocycles. The fraction of sp³-hybridized carbons (Fsp3) is 0.462. The van der Waals surface area contributed by atoms with Crippen molar-refractivity contribution in [3.05, 3.63) is 23.3 Å². The molecule has 0 aliphatic carbocycles. The molecule has 0 spiro atoms. The number of carbonyl (C=O) groups excluding carboxylic acids is 1. The molecular weight excluding hydrogens is 204 g/mol. The van der Waals surface area contributed by atoms with E-state index in [0.29, 0.717) is 11.5 Å². The Kier molecular flexibility index (Phi) is 2.41. The van der Waals surface area contributed by atoms with Crippen LogP contribution in [0.5, 0.6) is 11.5 Å². The molecule has 0 N–H and O–H groups in total. The molecule has 16 heavy (non-hydrogen) atoms. The van der Waals surface area contributed by atoms with Crippen molar-refractivity contribution >= 4 is 5.97 Å². The number of aryl methyl sites for hydroxylation is 1. The lowest BCUT2D eigenvalue weighted by atomic mass is 10.0.